The number of benzene rings is 3. The molecule has 190 valence electrons. The van der Waals surface area contributed by atoms with Crippen LogP contribution in [0, 0.1) is 6.92 Å². The van der Waals surface area contributed by atoms with Gasteiger partial charge in [-0.05, 0) is 45.0 Å². The van der Waals surface area contributed by atoms with Crippen molar-refractivity contribution in [2.75, 3.05) is 23.8 Å². The molecule has 0 radical (unpaired) electrons. The molecule has 4 rings (SSSR count). The second kappa shape index (κ2) is 11.6. The van der Waals surface area contributed by atoms with Crippen LogP contribution in [0.5, 0.6) is 11.5 Å². The first-order chi connectivity index (χ1) is 17.9. The molecule has 0 aliphatic rings. The summed E-state index contributed by atoms with van der Waals surface area (Å²) in [6.45, 7) is 6.07. The van der Waals surface area contributed by atoms with Crippen molar-refractivity contribution in [1.29, 1.82) is 0 Å². The highest BCUT2D eigenvalue weighted by Gasteiger charge is 2.23. The maximum absolute atomic E-state index is 13.4. The molecule has 2 N–H and O–H groups in total. The van der Waals surface area contributed by atoms with E-state index in [9.17, 15) is 9.59 Å². The summed E-state index contributed by atoms with van der Waals surface area (Å²) in [6, 6.07) is 21.4. The Balaban J connectivity index is 1.67. The molecule has 0 fully saturated rings. The number of nitrogens with zero attached hydrogens (tertiary/aromatic N) is 2. The Kier molecular flexibility index (Phi) is 8.10. The number of carbonyl (C=O) groups is 2. The molecule has 3 aromatic carbocycles. The molecular formula is C28H27ClN4O4. The minimum atomic E-state index is -0.450. The van der Waals surface area contributed by atoms with Crippen LogP contribution in [0.4, 0.5) is 11.4 Å². The van der Waals surface area contributed by atoms with Crippen LogP contribution in [-0.4, -0.2) is 34.8 Å². The lowest BCUT2D eigenvalue weighted by atomic mass is 10.1. The second-order valence-electron chi connectivity index (χ2n) is 7.98. The number of para-hydroxylation sites is 1. The van der Waals surface area contributed by atoms with Crippen LogP contribution < -0.4 is 20.1 Å². The molecule has 8 nitrogen and oxygen atoms in total. The van der Waals surface area contributed by atoms with Gasteiger partial charge in [0.05, 0.1) is 36.0 Å². The zero-order valence-corrected chi connectivity index (χ0v) is 21.5. The zero-order chi connectivity index (χ0) is 26.4. The third-order valence-electron chi connectivity index (χ3n) is 5.45. The van der Waals surface area contributed by atoms with Gasteiger partial charge >= 0.3 is 0 Å². The number of aryl methyl sites for hydroxylation is 1. The summed E-state index contributed by atoms with van der Waals surface area (Å²) in [6.07, 6.45) is 0. The van der Waals surface area contributed by atoms with Crippen LogP contribution >= 0.6 is 11.6 Å². The number of aromatic nitrogens is 2. The molecule has 0 bridgehead atoms. The number of ether oxygens (including phenoxy) is 2. The van der Waals surface area contributed by atoms with Crippen molar-refractivity contribution in [1.82, 2.24) is 9.78 Å². The van der Waals surface area contributed by atoms with Crippen LogP contribution in [0.3, 0.4) is 0 Å². The van der Waals surface area contributed by atoms with E-state index in [0.29, 0.717) is 47.3 Å². The fraction of sp³-hybridized carbons (Fsp3) is 0.179. The van der Waals surface area contributed by atoms with Gasteiger partial charge in [-0.15, -0.1) is 0 Å². The van der Waals surface area contributed by atoms with E-state index in [4.69, 9.17) is 21.1 Å². The summed E-state index contributed by atoms with van der Waals surface area (Å²) in [7, 11) is 0. The minimum absolute atomic E-state index is 0.191. The largest absolute Gasteiger partial charge is 0.492 e. The van der Waals surface area contributed by atoms with Crippen molar-refractivity contribution in [2.24, 2.45) is 0 Å². The Labute approximate surface area is 220 Å². The summed E-state index contributed by atoms with van der Waals surface area (Å²) in [4.78, 5) is 26.1. The van der Waals surface area contributed by atoms with Crippen LogP contribution in [0.25, 0.3) is 5.69 Å². The first-order valence-corrected chi connectivity index (χ1v) is 12.2. The highest BCUT2D eigenvalue weighted by atomic mass is 35.5. The normalized spacial score (nSPS) is 10.6. The molecule has 1 heterocycles. The predicted octanol–water partition coefficient (Wildman–Crippen LogP) is 6.14. The van der Waals surface area contributed by atoms with Crippen molar-refractivity contribution in [3.63, 3.8) is 0 Å². The molecule has 2 amide bonds. The number of carbonyl (C=O) groups excluding carboxylic acids is 2. The molecule has 0 aliphatic carbocycles. The van der Waals surface area contributed by atoms with Crippen molar-refractivity contribution >= 4 is 34.8 Å². The van der Waals surface area contributed by atoms with Gasteiger partial charge in [0.1, 0.15) is 22.2 Å². The lowest BCUT2D eigenvalue weighted by Gasteiger charge is -2.18. The Morgan fingerprint density at radius 1 is 0.838 bits per heavy atom. The molecule has 9 heteroatoms. The van der Waals surface area contributed by atoms with Gasteiger partial charge < -0.3 is 20.1 Å². The molecule has 4 aromatic rings. The van der Waals surface area contributed by atoms with E-state index in [-0.39, 0.29) is 16.6 Å². The topological polar surface area (TPSA) is 94.5 Å². The van der Waals surface area contributed by atoms with Crippen LogP contribution in [0.2, 0.25) is 5.15 Å². The van der Waals surface area contributed by atoms with Crippen LogP contribution in [0.1, 0.15) is 40.3 Å². The first-order valence-electron chi connectivity index (χ1n) is 11.8. The number of halogens is 1. The molecular weight excluding hydrogens is 492 g/mol. The van der Waals surface area contributed by atoms with Gasteiger partial charge in [-0.3, -0.25) is 9.59 Å². The molecule has 37 heavy (non-hydrogen) atoms. The molecule has 0 unspecified atom stereocenters. The van der Waals surface area contributed by atoms with Gasteiger partial charge in [-0.1, -0.05) is 48.0 Å². The SMILES string of the molecule is CCOc1cc(NC(=O)c2c(C)nn(-c3ccccc3)c2Cl)c(OCC)cc1NC(=O)c1ccccc1. The van der Waals surface area contributed by atoms with Gasteiger partial charge in [0.2, 0.25) is 0 Å². The minimum Gasteiger partial charge on any atom is -0.492 e. The smallest absolute Gasteiger partial charge is 0.260 e. The quantitative estimate of drug-likeness (QED) is 0.278. The molecule has 0 spiro atoms. The highest BCUT2D eigenvalue weighted by molar-refractivity contribution is 6.34. The zero-order valence-electron chi connectivity index (χ0n) is 20.7. The van der Waals surface area contributed by atoms with Crippen molar-refractivity contribution in [2.45, 2.75) is 20.8 Å². The Morgan fingerprint density at radius 3 is 1.89 bits per heavy atom. The second-order valence-corrected chi connectivity index (χ2v) is 8.34. The number of amides is 2. The summed E-state index contributed by atoms with van der Waals surface area (Å²) in [5.74, 6) is 0.00546. The van der Waals surface area contributed by atoms with Crippen molar-refractivity contribution in [3.8, 4) is 17.2 Å². The van der Waals surface area contributed by atoms with Gasteiger partial charge in [0.15, 0.2) is 0 Å². The van der Waals surface area contributed by atoms with Crippen molar-refractivity contribution in [3.05, 3.63) is 94.8 Å². The monoisotopic (exact) mass is 518 g/mol. The van der Waals surface area contributed by atoms with Crippen LogP contribution in [-0.2, 0) is 0 Å². The maximum Gasteiger partial charge on any atom is 0.260 e. The van der Waals surface area contributed by atoms with E-state index in [2.05, 4.69) is 15.7 Å². The summed E-state index contributed by atoms with van der Waals surface area (Å²) in [5, 5.41) is 10.4. The standard InChI is InChI=1S/C28H27ClN4O4/c1-4-36-23-17-22(24(37-5-2)16-21(23)30-27(34)19-12-8-6-9-13-19)31-28(35)25-18(3)32-33(26(25)29)20-14-10-7-11-15-20/h6-17H,4-5H2,1-3H3,(H,30,34)(H,31,35). The number of nitrogens with one attached hydrogen (secondary N) is 2. The average molecular weight is 519 g/mol. The molecule has 0 saturated heterocycles. The fourth-order valence-electron chi connectivity index (χ4n) is 3.77. The first kappa shape index (κ1) is 25.8. The van der Waals surface area contributed by atoms with Gasteiger partial charge in [0.25, 0.3) is 11.8 Å². The fourth-order valence-corrected chi connectivity index (χ4v) is 4.13. The van der Waals surface area contributed by atoms with E-state index in [1.54, 1.807) is 43.3 Å². The highest BCUT2D eigenvalue weighted by Crippen LogP contribution is 2.38. The van der Waals surface area contributed by atoms with Crippen LogP contribution in [0.15, 0.2) is 72.8 Å². The van der Waals surface area contributed by atoms with Gasteiger partial charge in [-0.25, -0.2) is 4.68 Å². The predicted molar refractivity (Wildman–Crippen MR) is 144 cm³/mol. The lowest BCUT2D eigenvalue weighted by Crippen LogP contribution is -2.16. The van der Waals surface area contributed by atoms with Crippen molar-refractivity contribution < 1.29 is 19.1 Å². The maximum atomic E-state index is 13.4. The molecule has 0 atom stereocenters. The summed E-state index contributed by atoms with van der Waals surface area (Å²) in [5.41, 5.74) is 2.75. The molecule has 1 aromatic heterocycles. The number of rotatable bonds is 9. The van der Waals surface area contributed by atoms with E-state index >= 15 is 0 Å². The van der Waals surface area contributed by atoms with E-state index < -0.39 is 5.91 Å². The third kappa shape index (κ3) is 5.76. The molecule has 0 aliphatic heterocycles. The summed E-state index contributed by atoms with van der Waals surface area (Å²) >= 11 is 6.58. The number of hydrogen-bond donors (Lipinski definition) is 2. The Bertz CT molecular complexity index is 1400. The Hall–Kier alpha value is -4.30. The third-order valence-corrected chi connectivity index (χ3v) is 5.79. The van der Waals surface area contributed by atoms with E-state index in [0.717, 1.165) is 5.69 Å². The van der Waals surface area contributed by atoms with E-state index in [1.807, 2.05) is 50.2 Å². The summed E-state index contributed by atoms with van der Waals surface area (Å²) < 4.78 is 13.1. The number of anilines is 2. The Morgan fingerprint density at radius 2 is 1.35 bits per heavy atom. The average Bonchev–Trinajstić information content (AvgIpc) is 3.21. The van der Waals surface area contributed by atoms with E-state index in [1.165, 1.54) is 4.68 Å². The molecule has 0 saturated carbocycles. The van der Waals surface area contributed by atoms with Gasteiger partial charge in [0, 0.05) is 17.7 Å². The number of hydrogen-bond acceptors (Lipinski definition) is 5. The van der Waals surface area contributed by atoms with Gasteiger partial charge in [-0.2, -0.15) is 5.10 Å². The lowest BCUT2D eigenvalue weighted by molar-refractivity contribution is 0.101.